The van der Waals surface area contributed by atoms with Gasteiger partial charge >= 0.3 is 0 Å². The summed E-state index contributed by atoms with van der Waals surface area (Å²) in [6.07, 6.45) is 12.3. The van der Waals surface area contributed by atoms with Gasteiger partial charge in [-0.25, -0.2) is 4.98 Å². The molecule has 1 aliphatic carbocycles. The van der Waals surface area contributed by atoms with Gasteiger partial charge in [-0.3, -0.25) is 0 Å². The Morgan fingerprint density at radius 1 is 1.28 bits per heavy atom. The molecule has 0 spiro atoms. The van der Waals surface area contributed by atoms with Crippen molar-refractivity contribution in [2.24, 2.45) is 0 Å². The zero-order valence-electron chi connectivity index (χ0n) is 11.0. The van der Waals surface area contributed by atoms with Crippen LogP contribution in [0.4, 0.5) is 0 Å². The van der Waals surface area contributed by atoms with Crippen LogP contribution in [0.2, 0.25) is 0 Å². The van der Waals surface area contributed by atoms with E-state index >= 15 is 0 Å². The lowest BCUT2D eigenvalue weighted by molar-refractivity contribution is 0.721. The summed E-state index contributed by atoms with van der Waals surface area (Å²) in [5.74, 6) is 0.798. The van der Waals surface area contributed by atoms with Crippen LogP contribution in [-0.4, -0.2) is 9.55 Å². The largest absolute Gasteiger partial charge is 0.306 e. The van der Waals surface area contributed by atoms with Gasteiger partial charge in [-0.15, -0.1) is 0 Å². The monoisotopic (exact) mass is 240 g/mol. The van der Waals surface area contributed by atoms with E-state index in [1.165, 1.54) is 42.5 Å². The lowest BCUT2D eigenvalue weighted by Crippen LogP contribution is -2.00. The van der Waals surface area contributed by atoms with Gasteiger partial charge in [0.25, 0.3) is 0 Å². The van der Waals surface area contributed by atoms with E-state index in [4.69, 9.17) is 0 Å². The third-order valence-corrected chi connectivity index (χ3v) is 4.09. The molecule has 1 heterocycles. The van der Waals surface area contributed by atoms with Crippen LogP contribution >= 0.6 is 0 Å². The van der Waals surface area contributed by atoms with E-state index in [-0.39, 0.29) is 0 Å². The molecule has 94 valence electrons. The highest BCUT2D eigenvalue weighted by molar-refractivity contribution is 5.44. The van der Waals surface area contributed by atoms with E-state index in [1.807, 2.05) is 18.7 Å². The zero-order valence-corrected chi connectivity index (χ0v) is 11.0. The molecule has 0 atom stereocenters. The first-order valence-electron chi connectivity index (χ1n) is 6.99. The van der Waals surface area contributed by atoms with Gasteiger partial charge < -0.3 is 4.57 Å². The number of aryl methyl sites for hydroxylation is 1. The van der Waals surface area contributed by atoms with Gasteiger partial charge in [-0.05, 0) is 42.4 Å². The second-order valence-electron chi connectivity index (χ2n) is 5.19. The second kappa shape index (κ2) is 4.97. The highest BCUT2D eigenvalue weighted by atomic mass is 15.0. The van der Waals surface area contributed by atoms with Gasteiger partial charge in [-0.2, -0.15) is 0 Å². The maximum absolute atomic E-state index is 4.14. The quantitative estimate of drug-likeness (QED) is 0.790. The Balaban J connectivity index is 1.97. The van der Waals surface area contributed by atoms with Crippen molar-refractivity contribution in [1.82, 2.24) is 9.55 Å². The fourth-order valence-corrected chi connectivity index (χ4v) is 3.06. The van der Waals surface area contributed by atoms with Crippen LogP contribution in [0, 0.1) is 0 Å². The predicted molar refractivity (Wildman–Crippen MR) is 74.2 cm³/mol. The van der Waals surface area contributed by atoms with Gasteiger partial charge in [0.1, 0.15) is 0 Å². The number of hydrogen-bond acceptors (Lipinski definition) is 1. The molecule has 1 saturated carbocycles. The topological polar surface area (TPSA) is 17.8 Å². The molecule has 1 aromatic heterocycles. The Morgan fingerprint density at radius 3 is 2.78 bits per heavy atom. The number of rotatable bonds is 3. The molecule has 0 unspecified atom stereocenters. The number of aromatic nitrogens is 2. The van der Waals surface area contributed by atoms with Crippen molar-refractivity contribution in [3.8, 4) is 5.69 Å². The van der Waals surface area contributed by atoms with Crippen molar-refractivity contribution in [2.75, 3.05) is 0 Å². The highest BCUT2D eigenvalue weighted by Gasteiger charge is 2.17. The average molecular weight is 240 g/mol. The summed E-state index contributed by atoms with van der Waals surface area (Å²) >= 11 is 0. The van der Waals surface area contributed by atoms with Gasteiger partial charge in [0.05, 0.1) is 6.33 Å². The van der Waals surface area contributed by atoms with Gasteiger partial charge in [0.15, 0.2) is 0 Å². The van der Waals surface area contributed by atoms with Crippen LogP contribution in [0.1, 0.15) is 49.7 Å². The van der Waals surface area contributed by atoms with Crippen LogP contribution in [-0.2, 0) is 6.42 Å². The number of benzene rings is 1. The first kappa shape index (κ1) is 11.5. The number of imidazole rings is 1. The van der Waals surface area contributed by atoms with Crippen molar-refractivity contribution in [2.45, 2.75) is 44.9 Å². The van der Waals surface area contributed by atoms with Gasteiger partial charge in [-0.1, -0.05) is 31.9 Å². The summed E-state index contributed by atoms with van der Waals surface area (Å²) in [7, 11) is 0. The molecule has 1 aromatic carbocycles. The summed E-state index contributed by atoms with van der Waals surface area (Å²) in [5.41, 5.74) is 4.24. The first-order valence-corrected chi connectivity index (χ1v) is 6.99. The minimum Gasteiger partial charge on any atom is -0.306 e. The van der Waals surface area contributed by atoms with Crippen molar-refractivity contribution in [3.05, 3.63) is 48.0 Å². The molecule has 2 nitrogen and oxygen atoms in total. The zero-order chi connectivity index (χ0) is 12.4. The average Bonchev–Trinajstić information content (AvgIpc) is 3.11. The molecule has 0 aliphatic heterocycles. The van der Waals surface area contributed by atoms with Crippen molar-refractivity contribution < 1.29 is 0 Å². The van der Waals surface area contributed by atoms with E-state index in [9.17, 15) is 0 Å². The van der Waals surface area contributed by atoms with Crippen LogP contribution in [0.15, 0.2) is 36.9 Å². The Hall–Kier alpha value is -1.57. The standard InChI is InChI=1S/C16H20N2/c1-2-13-11-15(14-5-3-4-6-14)7-8-16(13)18-10-9-17-12-18/h7-12,14H,2-6H2,1H3. The summed E-state index contributed by atoms with van der Waals surface area (Å²) in [6, 6.07) is 6.98. The lowest BCUT2D eigenvalue weighted by atomic mass is 9.94. The molecule has 0 N–H and O–H groups in total. The minimum absolute atomic E-state index is 0.798. The fourth-order valence-electron chi connectivity index (χ4n) is 3.06. The Bertz CT molecular complexity index is 508. The molecule has 0 radical (unpaired) electrons. The summed E-state index contributed by atoms with van der Waals surface area (Å²) < 4.78 is 2.11. The molecule has 3 rings (SSSR count). The first-order chi connectivity index (χ1) is 8.88. The molecule has 1 fully saturated rings. The van der Waals surface area contributed by atoms with Gasteiger partial charge in [0, 0.05) is 18.1 Å². The van der Waals surface area contributed by atoms with Crippen molar-refractivity contribution >= 4 is 0 Å². The molecular formula is C16H20N2. The lowest BCUT2D eigenvalue weighted by Gasteiger charge is -2.14. The SMILES string of the molecule is CCc1cc(C2CCCC2)ccc1-n1ccnc1. The smallest absolute Gasteiger partial charge is 0.0991 e. The summed E-state index contributed by atoms with van der Waals surface area (Å²) in [5, 5.41) is 0. The van der Waals surface area contributed by atoms with Crippen LogP contribution < -0.4 is 0 Å². The Labute approximate surface area is 109 Å². The number of nitrogens with zero attached hydrogens (tertiary/aromatic N) is 2. The highest BCUT2D eigenvalue weighted by Crippen LogP contribution is 2.35. The van der Waals surface area contributed by atoms with Crippen LogP contribution in [0.25, 0.3) is 5.69 Å². The molecule has 18 heavy (non-hydrogen) atoms. The number of hydrogen-bond donors (Lipinski definition) is 0. The molecule has 2 heteroatoms. The summed E-state index contributed by atoms with van der Waals surface area (Å²) in [6.45, 7) is 2.23. The third-order valence-electron chi connectivity index (χ3n) is 4.09. The van der Waals surface area contributed by atoms with E-state index < -0.39 is 0 Å². The normalized spacial score (nSPS) is 16.3. The molecule has 0 bridgehead atoms. The molecule has 1 aliphatic rings. The molecule has 0 amide bonds. The summed E-state index contributed by atoms with van der Waals surface area (Å²) in [4.78, 5) is 4.14. The van der Waals surface area contributed by atoms with E-state index in [0.29, 0.717) is 0 Å². The van der Waals surface area contributed by atoms with Gasteiger partial charge in [0.2, 0.25) is 0 Å². The predicted octanol–water partition coefficient (Wildman–Crippen LogP) is 4.09. The molecule has 2 aromatic rings. The minimum atomic E-state index is 0.798. The van der Waals surface area contributed by atoms with E-state index in [1.54, 1.807) is 0 Å². The van der Waals surface area contributed by atoms with Crippen LogP contribution in [0.5, 0.6) is 0 Å². The van der Waals surface area contributed by atoms with E-state index in [0.717, 1.165) is 12.3 Å². The van der Waals surface area contributed by atoms with E-state index in [2.05, 4.69) is 34.7 Å². The molecule has 0 saturated heterocycles. The van der Waals surface area contributed by atoms with Crippen molar-refractivity contribution in [1.29, 1.82) is 0 Å². The second-order valence-corrected chi connectivity index (χ2v) is 5.19. The third kappa shape index (κ3) is 2.07. The Kier molecular flexibility index (Phi) is 3.18. The van der Waals surface area contributed by atoms with Crippen LogP contribution in [0.3, 0.4) is 0 Å². The maximum Gasteiger partial charge on any atom is 0.0991 e. The fraction of sp³-hybridized carbons (Fsp3) is 0.438. The molecular weight excluding hydrogens is 220 g/mol. The van der Waals surface area contributed by atoms with Crippen molar-refractivity contribution in [3.63, 3.8) is 0 Å². The maximum atomic E-state index is 4.14. The Morgan fingerprint density at radius 2 is 2.11 bits per heavy atom.